The van der Waals surface area contributed by atoms with E-state index in [1.54, 1.807) is 14.2 Å². The molecule has 0 aromatic carbocycles. The number of halogens is 1. The molecule has 0 spiro atoms. The lowest BCUT2D eigenvalue weighted by molar-refractivity contribution is 0.00451. The SMILES string of the molecule is C=C(C)C1=CC(C)(OC)C(I)C=C1OCOC. The van der Waals surface area contributed by atoms with Gasteiger partial charge >= 0.3 is 0 Å². The normalized spacial score (nSPS) is 28.4. The third-order valence-electron chi connectivity index (χ3n) is 2.77. The molecule has 4 heteroatoms. The first-order valence-corrected chi connectivity index (χ1v) is 6.61. The van der Waals surface area contributed by atoms with Gasteiger partial charge in [0.05, 0.1) is 9.53 Å². The Morgan fingerprint density at radius 2 is 2.18 bits per heavy atom. The fourth-order valence-electron chi connectivity index (χ4n) is 1.58. The highest BCUT2D eigenvalue weighted by Crippen LogP contribution is 2.36. The smallest absolute Gasteiger partial charge is 0.188 e. The maximum absolute atomic E-state index is 5.57. The number of rotatable bonds is 5. The highest BCUT2D eigenvalue weighted by atomic mass is 127. The van der Waals surface area contributed by atoms with E-state index in [0.29, 0.717) is 0 Å². The topological polar surface area (TPSA) is 27.7 Å². The lowest BCUT2D eigenvalue weighted by atomic mass is 9.89. The summed E-state index contributed by atoms with van der Waals surface area (Å²) in [6.45, 7) is 8.22. The number of allylic oxidation sites excluding steroid dienone is 1. The van der Waals surface area contributed by atoms with Gasteiger partial charge in [0.2, 0.25) is 0 Å². The number of ether oxygens (including phenoxy) is 3. The molecule has 2 unspecified atom stereocenters. The number of methoxy groups -OCH3 is 2. The van der Waals surface area contributed by atoms with Gasteiger partial charge in [-0.3, -0.25) is 0 Å². The molecule has 17 heavy (non-hydrogen) atoms. The van der Waals surface area contributed by atoms with Crippen LogP contribution in [-0.4, -0.2) is 30.5 Å². The second-order valence-electron chi connectivity index (χ2n) is 4.21. The van der Waals surface area contributed by atoms with Gasteiger partial charge in [0.1, 0.15) is 5.76 Å². The lowest BCUT2D eigenvalue weighted by Crippen LogP contribution is -2.37. The van der Waals surface area contributed by atoms with E-state index in [0.717, 1.165) is 16.9 Å². The molecule has 0 heterocycles. The molecule has 0 radical (unpaired) electrons. The van der Waals surface area contributed by atoms with Crippen LogP contribution in [0.2, 0.25) is 0 Å². The van der Waals surface area contributed by atoms with Crippen LogP contribution in [0.3, 0.4) is 0 Å². The average molecular weight is 350 g/mol. The second-order valence-corrected chi connectivity index (χ2v) is 5.55. The molecule has 0 aromatic rings. The summed E-state index contributed by atoms with van der Waals surface area (Å²) in [5, 5.41) is 0. The van der Waals surface area contributed by atoms with Crippen molar-refractivity contribution in [2.24, 2.45) is 0 Å². The predicted molar refractivity (Wildman–Crippen MR) is 77.2 cm³/mol. The highest BCUT2D eigenvalue weighted by molar-refractivity contribution is 14.1. The fraction of sp³-hybridized carbons (Fsp3) is 0.538. The quantitative estimate of drug-likeness (QED) is 0.433. The van der Waals surface area contributed by atoms with Crippen LogP contribution in [0, 0.1) is 0 Å². The minimum atomic E-state index is -0.325. The molecule has 0 fully saturated rings. The van der Waals surface area contributed by atoms with Crippen LogP contribution in [0.25, 0.3) is 0 Å². The van der Waals surface area contributed by atoms with Gasteiger partial charge in [-0.15, -0.1) is 0 Å². The molecule has 0 aromatic heterocycles. The van der Waals surface area contributed by atoms with E-state index in [9.17, 15) is 0 Å². The van der Waals surface area contributed by atoms with Gasteiger partial charge in [0.25, 0.3) is 0 Å². The first-order chi connectivity index (χ1) is 7.94. The Morgan fingerprint density at radius 1 is 1.53 bits per heavy atom. The Labute approximate surface area is 117 Å². The van der Waals surface area contributed by atoms with Crippen molar-refractivity contribution in [3.05, 3.63) is 35.6 Å². The molecule has 0 aliphatic heterocycles. The Morgan fingerprint density at radius 3 is 2.65 bits per heavy atom. The van der Waals surface area contributed by atoms with Gasteiger partial charge in [-0.25, -0.2) is 0 Å². The van der Waals surface area contributed by atoms with Crippen molar-refractivity contribution in [1.29, 1.82) is 0 Å². The Kier molecular flexibility index (Phi) is 5.22. The van der Waals surface area contributed by atoms with Crippen LogP contribution in [0.1, 0.15) is 13.8 Å². The zero-order chi connectivity index (χ0) is 13.1. The largest absolute Gasteiger partial charge is 0.467 e. The van der Waals surface area contributed by atoms with E-state index in [4.69, 9.17) is 14.2 Å². The van der Waals surface area contributed by atoms with Gasteiger partial charge in [0, 0.05) is 19.8 Å². The summed E-state index contributed by atoms with van der Waals surface area (Å²) in [5.74, 6) is 0.813. The van der Waals surface area contributed by atoms with Crippen LogP contribution < -0.4 is 0 Å². The Hall–Kier alpha value is -0.330. The van der Waals surface area contributed by atoms with Crippen molar-refractivity contribution >= 4 is 22.6 Å². The van der Waals surface area contributed by atoms with Crippen molar-refractivity contribution in [1.82, 2.24) is 0 Å². The molecule has 0 bridgehead atoms. The van der Waals surface area contributed by atoms with Gasteiger partial charge in [-0.05, 0) is 31.6 Å². The zero-order valence-electron chi connectivity index (χ0n) is 10.7. The van der Waals surface area contributed by atoms with E-state index in [2.05, 4.69) is 42.2 Å². The summed E-state index contributed by atoms with van der Waals surface area (Å²) >= 11 is 2.34. The maximum Gasteiger partial charge on any atom is 0.188 e. The molecule has 0 saturated carbocycles. The summed E-state index contributed by atoms with van der Waals surface area (Å²) < 4.78 is 16.3. The first-order valence-electron chi connectivity index (χ1n) is 5.36. The molecule has 3 nitrogen and oxygen atoms in total. The standard InChI is InChI=1S/C13H19IO3/c1-9(2)10-7-13(3,16-5)12(14)6-11(10)17-8-15-4/h6-7,12H,1,8H2,2-5H3. The molecule has 0 amide bonds. The average Bonchev–Trinajstić information content (AvgIpc) is 2.30. The minimum absolute atomic E-state index is 0.208. The second kappa shape index (κ2) is 6.02. The van der Waals surface area contributed by atoms with Crippen LogP contribution in [0.5, 0.6) is 0 Å². The van der Waals surface area contributed by atoms with Crippen molar-refractivity contribution in [3.63, 3.8) is 0 Å². The Bertz CT molecular complexity index is 360. The van der Waals surface area contributed by atoms with Crippen LogP contribution in [0.4, 0.5) is 0 Å². The summed E-state index contributed by atoms with van der Waals surface area (Å²) in [5.41, 5.74) is 1.62. The minimum Gasteiger partial charge on any atom is -0.467 e. The van der Waals surface area contributed by atoms with Crippen molar-refractivity contribution in [3.8, 4) is 0 Å². The van der Waals surface area contributed by atoms with E-state index < -0.39 is 0 Å². The third-order valence-corrected chi connectivity index (χ3v) is 4.37. The summed E-state index contributed by atoms with van der Waals surface area (Å²) in [6.07, 6.45) is 4.12. The first kappa shape index (κ1) is 14.7. The van der Waals surface area contributed by atoms with Crippen molar-refractivity contribution in [2.45, 2.75) is 23.4 Å². The van der Waals surface area contributed by atoms with E-state index in [1.807, 2.05) is 13.0 Å². The predicted octanol–water partition coefficient (Wildman–Crippen LogP) is 3.22. The van der Waals surface area contributed by atoms with Crippen molar-refractivity contribution < 1.29 is 14.2 Å². The molecule has 2 atom stereocenters. The summed E-state index contributed by atoms with van der Waals surface area (Å²) in [7, 11) is 3.32. The molecule has 96 valence electrons. The zero-order valence-corrected chi connectivity index (χ0v) is 12.9. The lowest BCUT2D eigenvalue weighted by Gasteiger charge is -2.34. The molecule has 0 N–H and O–H groups in total. The van der Waals surface area contributed by atoms with Crippen LogP contribution >= 0.6 is 22.6 Å². The number of hydrogen-bond donors (Lipinski definition) is 0. The van der Waals surface area contributed by atoms with Gasteiger partial charge in [0.15, 0.2) is 6.79 Å². The monoisotopic (exact) mass is 350 g/mol. The molecule has 0 saturated heterocycles. The van der Waals surface area contributed by atoms with Gasteiger partial charge in [-0.1, -0.05) is 29.2 Å². The number of alkyl halides is 1. The van der Waals surface area contributed by atoms with E-state index in [1.165, 1.54) is 0 Å². The molecular formula is C13H19IO3. The fourth-order valence-corrected chi connectivity index (χ4v) is 2.34. The molecular weight excluding hydrogens is 331 g/mol. The maximum atomic E-state index is 5.57. The van der Waals surface area contributed by atoms with E-state index in [-0.39, 0.29) is 16.3 Å². The third kappa shape index (κ3) is 3.33. The van der Waals surface area contributed by atoms with E-state index >= 15 is 0 Å². The van der Waals surface area contributed by atoms with Crippen LogP contribution in [-0.2, 0) is 14.2 Å². The molecule has 1 aliphatic rings. The van der Waals surface area contributed by atoms with Gasteiger partial charge < -0.3 is 14.2 Å². The number of hydrogen-bond acceptors (Lipinski definition) is 3. The van der Waals surface area contributed by atoms with Crippen molar-refractivity contribution in [2.75, 3.05) is 21.0 Å². The summed E-state index contributed by atoms with van der Waals surface area (Å²) in [4.78, 5) is 0. The molecule has 1 rings (SSSR count). The molecule has 1 aliphatic carbocycles. The van der Waals surface area contributed by atoms with Gasteiger partial charge in [-0.2, -0.15) is 0 Å². The summed E-state index contributed by atoms with van der Waals surface area (Å²) in [6, 6.07) is 0. The Balaban J connectivity index is 3.03. The van der Waals surface area contributed by atoms with Crippen LogP contribution in [0.15, 0.2) is 35.6 Å². The highest BCUT2D eigenvalue weighted by Gasteiger charge is 2.34.